The van der Waals surface area contributed by atoms with Crippen LogP contribution in [0, 0.1) is 0 Å². The number of carbonyl (C=O) groups is 1. The van der Waals surface area contributed by atoms with Crippen molar-refractivity contribution in [3.63, 3.8) is 0 Å². The van der Waals surface area contributed by atoms with Gasteiger partial charge >= 0.3 is 5.97 Å². The second-order valence-corrected chi connectivity index (χ2v) is 8.92. The number of aliphatic carboxylic acids is 1. The van der Waals surface area contributed by atoms with Crippen molar-refractivity contribution in [1.82, 2.24) is 9.97 Å². The van der Waals surface area contributed by atoms with Crippen LogP contribution < -0.4 is 11.1 Å². The normalized spacial score (nSPS) is 12.7. The number of hydrogen-bond donors (Lipinski definition) is 4. The highest BCUT2D eigenvalue weighted by Crippen LogP contribution is 2.38. The number of unbranched alkanes of at least 4 members (excludes halogenated alkanes) is 1. The smallest absolute Gasteiger partial charge is 0.303 e. The number of anilines is 1. The summed E-state index contributed by atoms with van der Waals surface area (Å²) in [5, 5.41) is 21.3. The van der Waals surface area contributed by atoms with E-state index in [4.69, 9.17) is 25.9 Å². The maximum Gasteiger partial charge on any atom is 0.303 e. The number of aryl methyl sites for hydroxylation is 3. The lowest BCUT2D eigenvalue weighted by atomic mass is 9.97. The molecule has 172 valence electrons. The third-order valence-electron chi connectivity index (χ3n) is 5.33. The van der Waals surface area contributed by atoms with Gasteiger partial charge < -0.3 is 21.3 Å². The summed E-state index contributed by atoms with van der Waals surface area (Å²) in [5.41, 5.74) is 7.43. The van der Waals surface area contributed by atoms with E-state index in [0.29, 0.717) is 19.4 Å². The molecule has 0 spiro atoms. The molecule has 32 heavy (non-hydrogen) atoms. The highest BCUT2D eigenvalue weighted by atomic mass is 32.1. The van der Waals surface area contributed by atoms with Crippen LogP contribution in [0.2, 0.25) is 0 Å². The summed E-state index contributed by atoms with van der Waals surface area (Å²) in [6.45, 7) is 1.20. The number of carboxylic acids is 1. The number of rotatable bonds is 9. The minimum Gasteiger partial charge on any atom is -0.481 e. The molecule has 8 heteroatoms. The standard InChI is InChI=1S/C22H25N3O2S.C2H7NO/c26-19(27)13-7-6-12-18-24-21(23-14-15-8-2-1-3-9-15)20-16-10-4-5-11-17(16)28-22(20)25-18;3-1-2-4/h1-3,8-9H,4-7,10-14H2,(H,26,27)(H,23,24,25);4H,1-3H2. The lowest BCUT2D eigenvalue weighted by Crippen LogP contribution is -2.07. The van der Waals surface area contributed by atoms with E-state index in [2.05, 4.69) is 17.4 Å². The molecule has 2 aromatic heterocycles. The molecule has 0 saturated carbocycles. The van der Waals surface area contributed by atoms with Gasteiger partial charge in [-0.1, -0.05) is 30.3 Å². The molecule has 0 atom stereocenters. The van der Waals surface area contributed by atoms with Gasteiger partial charge in [0.15, 0.2) is 0 Å². The maximum atomic E-state index is 10.7. The van der Waals surface area contributed by atoms with E-state index in [0.717, 1.165) is 42.3 Å². The first-order valence-corrected chi connectivity index (χ1v) is 12.1. The summed E-state index contributed by atoms with van der Waals surface area (Å²) < 4.78 is 0. The Morgan fingerprint density at radius 3 is 2.59 bits per heavy atom. The van der Waals surface area contributed by atoms with Crippen LogP contribution in [0.1, 0.15) is 53.9 Å². The van der Waals surface area contributed by atoms with E-state index < -0.39 is 5.97 Å². The van der Waals surface area contributed by atoms with Crippen LogP contribution in [0.5, 0.6) is 0 Å². The largest absolute Gasteiger partial charge is 0.481 e. The maximum absolute atomic E-state index is 10.7. The van der Waals surface area contributed by atoms with Crippen molar-refractivity contribution < 1.29 is 15.0 Å². The molecule has 1 aromatic carbocycles. The number of aromatic nitrogens is 2. The molecule has 0 saturated heterocycles. The number of fused-ring (bicyclic) bond motifs is 3. The molecule has 0 aliphatic heterocycles. The van der Waals surface area contributed by atoms with Gasteiger partial charge in [0, 0.05) is 30.8 Å². The van der Waals surface area contributed by atoms with E-state index >= 15 is 0 Å². The Morgan fingerprint density at radius 1 is 1.12 bits per heavy atom. The number of benzene rings is 1. The van der Waals surface area contributed by atoms with Gasteiger partial charge in [-0.3, -0.25) is 4.79 Å². The van der Waals surface area contributed by atoms with E-state index in [1.165, 1.54) is 34.2 Å². The molecular weight excluding hydrogens is 424 g/mol. The molecule has 1 aliphatic rings. The number of nitrogens with two attached hydrogens (primary N) is 1. The summed E-state index contributed by atoms with van der Waals surface area (Å²) in [6, 6.07) is 10.3. The van der Waals surface area contributed by atoms with Crippen molar-refractivity contribution in [3.05, 3.63) is 52.2 Å². The van der Waals surface area contributed by atoms with E-state index in [1.54, 1.807) is 0 Å². The van der Waals surface area contributed by atoms with E-state index in [-0.39, 0.29) is 13.0 Å². The first-order chi connectivity index (χ1) is 15.6. The van der Waals surface area contributed by atoms with Crippen LogP contribution in [0.25, 0.3) is 10.2 Å². The molecule has 1 aliphatic carbocycles. The van der Waals surface area contributed by atoms with Crippen molar-refractivity contribution in [3.8, 4) is 0 Å². The first-order valence-electron chi connectivity index (χ1n) is 11.2. The van der Waals surface area contributed by atoms with Gasteiger partial charge in [0.05, 0.1) is 12.0 Å². The number of nitrogens with zero attached hydrogens (tertiary/aromatic N) is 2. The van der Waals surface area contributed by atoms with Crippen molar-refractivity contribution in [1.29, 1.82) is 0 Å². The Morgan fingerprint density at radius 2 is 1.88 bits per heavy atom. The van der Waals surface area contributed by atoms with Crippen molar-refractivity contribution in [2.24, 2.45) is 5.73 Å². The van der Waals surface area contributed by atoms with Gasteiger partial charge in [-0.15, -0.1) is 11.3 Å². The number of thiophene rings is 1. The minimum atomic E-state index is -0.743. The van der Waals surface area contributed by atoms with E-state index in [9.17, 15) is 4.79 Å². The minimum absolute atomic E-state index is 0.0972. The van der Waals surface area contributed by atoms with E-state index in [1.807, 2.05) is 29.5 Å². The first kappa shape index (κ1) is 24.1. The predicted octanol–water partition coefficient (Wildman–Crippen LogP) is 3.92. The molecule has 7 nitrogen and oxygen atoms in total. The van der Waals surface area contributed by atoms with Gasteiger partial charge in [-0.05, 0) is 49.7 Å². The number of carboxylic acid groups (broad SMARTS) is 1. The monoisotopic (exact) mass is 456 g/mol. The fourth-order valence-corrected chi connectivity index (χ4v) is 5.06. The van der Waals surface area contributed by atoms with Crippen LogP contribution in [-0.4, -0.2) is 39.3 Å². The highest BCUT2D eigenvalue weighted by Gasteiger charge is 2.21. The average molecular weight is 457 g/mol. The fraction of sp³-hybridized carbons (Fsp3) is 0.458. The van der Waals surface area contributed by atoms with Crippen molar-refractivity contribution in [2.45, 2.75) is 57.9 Å². The molecular formula is C24H32N4O3S. The predicted molar refractivity (Wildman–Crippen MR) is 129 cm³/mol. The summed E-state index contributed by atoms with van der Waals surface area (Å²) in [4.78, 5) is 22.9. The number of nitrogens with one attached hydrogen (secondary N) is 1. The number of aliphatic hydroxyl groups excluding tert-OH is 1. The van der Waals surface area contributed by atoms with Crippen LogP contribution in [-0.2, 0) is 30.6 Å². The van der Waals surface area contributed by atoms with Gasteiger partial charge in [0.2, 0.25) is 0 Å². The summed E-state index contributed by atoms with van der Waals surface area (Å²) >= 11 is 1.81. The van der Waals surface area contributed by atoms with Gasteiger partial charge in [-0.25, -0.2) is 9.97 Å². The second kappa shape index (κ2) is 12.5. The summed E-state index contributed by atoms with van der Waals surface area (Å²) in [5.74, 6) is 1.00. The van der Waals surface area contributed by atoms with Crippen LogP contribution in [0.4, 0.5) is 5.82 Å². The van der Waals surface area contributed by atoms with Gasteiger partial charge in [0.25, 0.3) is 0 Å². The Balaban J connectivity index is 0.000000668. The molecule has 0 fully saturated rings. The third kappa shape index (κ3) is 6.72. The molecule has 0 bridgehead atoms. The summed E-state index contributed by atoms with van der Waals surface area (Å²) in [7, 11) is 0. The molecule has 2 heterocycles. The van der Waals surface area contributed by atoms with Gasteiger partial charge in [-0.2, -0.15) is 0 Å². The third-order valence-corrected chi connectivity index (χ3v) is 6.52. The quantitative estimate of drug-likeness (QED) is 0.360. The zero-order valence-electron chi connectivity index (χ0n) is 18.3. The van der Waals surface area contributed by atoms with Crippen LogP contribution >= 0.6 is 11.3 Å². The van der Waals surface area contributed by atoms with Crippen LogP contribution in [0.3, 0.4) is 0 Å². The summed E-state index contributed by atoms with van der Waals surface area (Å²) in [6.07, 6.45) is 7.10. The molecule has 3 aromatic rings. The Bertz CT molecular complexity index is 1010. The zero-order valence-corrected chi connectivity index (χ0v) is 19.2. The average Bonchev–Trinajstić information content (AvgIpc) is 3.19. The Kier molecular flexibility index (Phi) is 9.40. The Hall–Kier alpha value is -2.55. The SMILES string of the molecule is NCCO.O=C(O)CCCCc1nc(NCc2ccccc2)c2c3c(sc2n1)CCCC3. The molecule has 4 rings (SSSR count). The fourth-order valence-electron chi connectivity index (χ4n) is 3.78. The molecule has 0 unspecified atom stereocenters. The second-order valence-electron chi connectivity index (χ2n) is 7.83. The number of aliphatic hydroxyl groups is 1. The van der Waals surface area contributed by atoms with Gasteiger partial charge in [0.1, 0.15) is 16.5 Å². The Labute approximate surface area is 192 Å². The van der Waals surface area contributed by atoms with Crippen molar-refractivity contribution in [2.75, 3.05) is 18.5 Å². The highest BCUT2D eigenvalue weighted by molar-refractivity contribution is 7.19. The molecule has 0 amide bonds. The molecule has 0 radical (unpaired) electrons. The van der Waals surface area contributed by atoms with Crippen molar-refractivity contribution >= 4 is 33.3 Å². The molecule has 5 N–H and O–H groups in total. The zero-order chi connectivity index (χ0) is 22.8. The lowest BCUT2D eigenvalue weighted by molar-refractivity contribution is -0.137. The number of hydrogen-bond acceptors (Lipinski definition) is 7. The van der Waals surface area contributed by atoms with Crippen LogP contribution in [0.15, 0.2) is 30.3 Å². The lowest BCUT2D eigenvalue weighted by Gasteiger charge is -2.13. The topological polar surface area (TPSA) is 121 Å².